The lowest BCUT2D eigenvalue weighted by molar-refractivity contribution is -0.123. The van der Waals surface area contributed by atoms with Crippen LogP contribution in [-0.4, -0.2) is 11.9 Å². The van der Waals surface area contributed by atoms with Crippen LogP contribution >= 0.6 is 11.6 Å². The molecule has 0 saturated carbocycles. The van der Waals surface area contributed by atoms with Gasteiger partial charge in [-0.15, -0.1) is 0 Å². The average Bonchev–Trinajstić information content (AvgIpc) is 2.26. The van der Waals surface area contributed by atoms with E-state index in [1.54, 1.807) is 6.07 Å². The fraction of sp³-hybridized carbons (Fsp3) is 0.417. The van der Waals surface area contributed by atoms with Gasteiger partial charge >= 0.3 is 0 Å². The molecule has 0 radical (unpaired) electrons. The third kappa shape index (κ3) is 3.51. The van der Waals surface area contributed by atoms with E-state index < -0.39 is 6.04 Å². The molecule has 3 nitrogen and oxygen atoms in total. The number of rotatable bonds is 4. The minimum atomic E-state index is -0.470. The first-order chi connectivity index (χ1) is 7.52. The zero-order valence-corrected chi connectivity index (χ0v) is 10.3. The topological polar surface area (TPSA) is 55.1 Å². The summed E-state index contributed by atoms with van der Waals surface area (Å²) in [6.45, 7) is 4.25. The summed E-state index contributed by atoms with van der Waals surface area (Å²) in [7, 11) is 0. The SMILES string of the molecule is CC(C)[C@H](N)C(=O)NCc1ccccc1Cl. The van der Waals surface area contributed by atoms with Crippen LogP contribution in [0.5, 0.6) is 0 Å². The predicted molar refractivity (Wildman–Crippen MR) is 66.1 cm³/mol. The number of carbonyl (C=O) groups excluding carboxylic acids is 1. The molecule has 0 aliphatic rings. The molecule has 4 heteroatoms. The minimum Gasteiger partial charge on any atom is -0.351 e. The first-order valence-corrected chi connectivity index (χ1v) is 5.67. The number of hydrogen-bond acceptors (Lipinski definition) is 2. The molecule has 88 valence electrons. The molecule has 0 aliphatic heterocycles. The van der Waals surface area contributed by atoms with Gasteiger partial charge in [0.2, 0.25) is 5.91 Å². The standard InChI is InChI=1S/C12H17ClN2O/c1-8(2)11(14)12(16)15-7-9-5-3-4-6-10(9)13/h3-6,8,11H,7,14H2,1-2H3,(H,15,16)/t11-/m0/s1. The van der Waals surface area contributed by atoms with Crippen LogP contribution in [0, 0.1) is 5.92 Å². The molecule has 0 unspecified atom stereocenters. The quantitative estimate of drug-likeness (QED) is 0.845. The largest absolute Gasteiger partial charge is 0.351 e. The number of nitrogens with one attached hydrogen (secondary N) is 1. The first-order valence-electron chi connectivity index (χ1n) is 5.29. The second-order valence-electron chi connectivity index (χ2n) is 4.08. The summed E-state index contributed by atoms with van der Waals surface area (Å²) in [6.07, 6.45) is 0. The van der Waals surface area contributed by atoms with Gasteiger partial charge in [-0.3, -0.25) is 4.79 Å². The Labute approximate surface area is 101 Å². The van der Waals surface area contributed by atoms with Crippen LogP contribution in [0.2, 0.25) is 5.02 Å². The van der Waals surface area contributed by atoms with Crippen LogP contribution in [0.1, 0.15) is 19.4 Å². The minimum absolute atomic E-state index is 0.131. The van der Waals surface area contributed by atoms with Crippen molar-refractivity contribution in [2.75, 3.05) is 0 Å². The third-order valence-electron chi connectivity index (χ3n) is 2.43. The summed E-state index contributed by atoms with van der Waals surface area (Å²) in [5, 5.41) is 3.43. The van der Waals surface area contributed by atoms with Gasteiger partial charge in [0.1, 0.15) is 0 Å². The summed E-state index contributed by atoms with van der Waals surface area (Å²) in [6, 6.07) is 6.94. The summed E-state index contributed by atoms with van der Waals surface area (Å²) in [5.74, 6) is -0.0128. The Balaban J connectivity index is 2.52. The van der Waals surface area contributed by atoms with Crippen LogP contribution < -0.4 is 11.1 Å². The van der Waals surface area contributed by atoms with Gasteiger partial charge in [0.05, 0.1) is 6.04 Å². The van der Waals surface area contributed by atoms with Crippen LogP contribution in [0.15, 0.2) is 24.3 Å². The molecule has 0 spiro atoms. The maximum absolute atomic E-state index is 11.6. The van der Waals surface area contributed by atoms with Gasteiger partial charge in [0, 0.05) is 11.6 Å². The number of nitrogens with two attached hydrogens (primary N) is 1. The maximum Gasteiger partial charge on any atom is 0.237 e. The molecule has 16 heavy (non-hydrogen) atoms. The second kappa shape index (κ2) is 5.87. The van der Waals surface area contributed by atoms with Gasteiger partial charge in [-0.1, -0.05) is 43.6 Å². The number of halogens is 1. The van der Waals surface area contributed by atoms with Crippen molar-refractivity contribution in [1.29, 1.82) is 0 Å². The van der Waals surface area contributed by atoms with Crippen LogP contribution in [0.3, 0.4) is 0 Å². The van der Waals surface area contributed by atoms with E-state index in [1.165, 1.54) is 0 Å². The Bertz CT molecular complexity index is 366. The molecule has 1 aromatic rings. The lowest BCUT2D eigenvalue weighted by Crippen LogP contribution is -2.43. The van der Waals surface area contributed by atoms with Crippen LogP contribution in [-0.2, 0) is 11.3 Å². The molecule has 0 aliphatic carbocycles. The van der Waals surface area contributed by atoms with E-state index in [4.69, 9.17) is 17.3 Å². The summed E-state index contributed by atoms with van der Waals surface area (Å²) in [4.78, 5) is 11.6. The first kappa shape index (κ1) is 13.0. The van der Waals surface area contributed by atoms with E-state index in [0.717, 1.165) is 5.56 Å². The molecular weight excluding hydrogens is 224 g/mol. The highest BCUT2D eigenvalue weighted by atomic mass is 35.5. The summed E-state index contributed by atoms with van der Waals surface area (Å²) in [5.41, 5.74) is 6.61. The molecule has 1 aromatic carbocycles. The highest BCUT2D eigenvalue weighted by Gasteiger charge is 2.16. The lowest BCUT2D eigenvalue weighted by atomic mass is 10.0. The Hall–Kier alpha value is -1.06. The molecule has 0 bridgehead atoms. The van der Waals surface area contributed by atoms with Crippen molar-refractivity contribution in [3.8, 4) is 0 Å². The zero-order chi connectivity index (χ0) is 12.1. The molecule has 0 fully saturated rings. The van der Waals surface area contributed by atoms with Crippen LogP contribution in [0.25, 0.3) is 0 Å². The maximum atomic E-state index is 11.6. The van der Waals surface area contributed by atoms with Gasteiger partial charge in [-0.05, 0) is 17.5 Å². The van der Waals surface area contributed by atoms with Crippen molar-refractivity contribution in [2.45, 2.75) is 26.4 Å². The lowest BCUT2D eigenvalue weighted by Gasteiger charge is -2.15. The van der Waals surface area contributed by atoms with Crippen molar-refractivity contribution in [3.05, 3.63) is 34.9 Å². The van der Waals surface area contributed by atoms with E-state index in [1.807, 2.05) is 32.0 Å². The number of carbonyl (C=O) groups is 1. The summed E-state index contributed by atoms with van der Waals surface area (Å²) < 4.78 is 0. The second-order valence-corrected chi connectivity index (χ2v) is 4.49. The molecule has 0 saturated heterocycles. The fourth-order valence-electron chi connectivity index (χ4n) is 1.24. The van der Waals surface area contributed by atoms with Crippen LogP contribution in [0.4, 0.5) is 0 Å². The van der Waals surface area contributed by atoms with Crippen molar-refractivity contribution in [3.63, 3.8) is 0 Å². The smallest absolute Gasteiger partial charge is 0.237 e. The summed E-state index contributed by atoms with van der Waals surface area (Å²) >= 11 is 5.97. The average molecular weight is 241 g/mol. The van der Waals surface area contributed by atoms with E-state index in [-0.39, 0.29) is 11.8 Å². The van der Waals surface area contributed by atoms with Crippen molar-refractivity contribution in [1.82, 2.24) is 5.32 Å². The van der Waals surface area contributed by atoms with Gasteiger partial charge < -0.3 is 11.1 Å². The normalized spacial score (nSPS) is 12.6. The Kier molecular flexibility index (Phi) is 4.77. The Morgan fingerprint density at radius 1 is 1.44 bits per heavy atom. The van der Waals surface area contributed by atoms with Gasteiger partial charge in [0.15, 0.2) is 0 Å². The van der Waals surface area contributed by atoms with Gasteiger partial charge in [-0.25, -0.2) is 0 Å². The van der Waals surface area contributed by atoms with E-state index in [2.05, 4.69) is 5.32 Å². The van der Waals surface area contributed by atoms with Gasteiger partial charge in [0.25, 0.3) is 0 Å². The van der Waals surface area contributed by atoms with E-state index in [9.17, 15) is 4.79 Å². The molecule has 0 heterocycles. The third-order valence-corrected chi connectivity index (χ3v) is 2.80. The number of hydrogen-bond donors (Lipinski definition) is 2. The van der Waals surface area contributed by atoms with E-state index in [0.29, 0.717) is 11.6 Å². The molecular formula is C12H17ClN2O. The van der Waals surface area contributed by atoms with Crippen molar-refractivity contribution < 1.29 is 4.79 Å². The Morgan fingerprint density at radius 2 is 2.06 bits per heavy atom. The monoisotopic (exact) mass is 240 g/mol. The van der Waals surface area contributed by atoms with Gasteiger partial charge in [-0.2, -0.15) is 0 Å². The highest BCUT2D eigenvalue weighted by Crippen LogP contribution is 2.14. The van der Waals surface area contributed by atoms with E-state index >= 15 is 0 Å². The number of amides is 1. The molecule has 1 amide bonds. The fourth-order valence-corrected chi connectivity index (χ4v) is 1.45. The molecule has 3 N–H and O–H groups in total. The number of benzene rings is 1. The highest BCUT2D eigenvalue weighted by molar-refractivity contribution is 6.31. The Morgan fingerprint density at radius 3 is 2.62 bits per heavy atom. The molecule has 1 rings (SSSR count). The predicted octanol–water partition coefficient (Wildman–Crippen LogP) is 1.94. The van der Waals surface area contributed by atoms with Crippen molar-refractivity contribution in [2.24, 2.45) is 11.7 Å². The molecule has 1 atom stereocenters. The zero-order valence-electron chi connectivity index (χ0n) is 9.53. The molecule has 0 aromatic heterocycles. The van der Waals surface area contributed by atoms with Crippen molar-refractivity contribution >= 4 is 17.5 Å².